The molecule has 2 atom stereocenters. The van der Waals surface area contributed by atoms with Crippen molar-refractivity contribution in [3.8, 4) is 29.6 Å². The molecule has 8 nitrogen and oxygen atoms in total. The van der Waals surface area contributed by atoms with E-state index < -0.39 is 11.6 Å². The van der Waals surface area contributed by atoms with Crippen LogP contribution >= 0.6 is 0 Å². The van der Waals surface area contributed by atoms with Crippen molar-refractivity contribution in [2.24, 2.45) is 5.41 Å². The molecule has 0 radical (unpaired) electrons. The molecule has 0 spiro atoms. The third-order valence-corrected chi connectivity index (χ3v) is 11.0. The minimum Gasteiger partial charge on any atom is -0.463 e. The minimum atomic E-state index is -0.636. The summed E-state index contributed by atoms with van der Waals surface area (Å²) in [4.78, 5) is 16.4. The van der Waals surface area contributed by atoms with Gasteiger partial charge in [-0.25, -0.2) is 8.78 Å². The lowest BCUT2D eigenvalue weighted by Crippen LogP contribution is -2.51. The Morgan fingerprint density at radius 1 is 1.00 bits per heavy atom. The first-order valence-electron chi connectivity index (χ1n) is 15.8. The van der Waals surface area contributed by atoms with Crippen LogP contribution in [0.25, 0.3) is 32.9 Å². The second-order valence-electron chi connectivity index (χ2n) is 13.4. The molecule has 5 fully saturated rings. The second kappa shape index (κ2) is 10.5. The van der Waals surface area contributed by atoms with Gasteiger partial charge in [0.15, 0.2) is 5.82 Å². The number of nitrogen functional groups attached to an aromatic ring is 1. The van der Waals surface area contributed by atoms with Crippen molar-refractivity contribution in [1.82, 2.24) is 20.3 Å². The van der Waals surface area contributed by atoms with Gasteiger partial charge in [-0.05, 0) is 68.9 Å². The molecule has 45 heavy (non-hydrogen) atoms. The van der Waals surface area contributed by atoms with Crippen molar-refractivity contribution in [2.75, 3.05) is 37.4 Å². The highest BCUT2D eigenvalue weighted by molar-refractivity contribution is 6.05. The van der Waals surface area contributed by atoms with Gasteiger partial charge in [-0.2, -0.15) is 9.97 Å². The fraction of sp³-hybridized carbons (Fsp3) is 0.457. The van der Waals surface area contributed by atoms with Gasteiger partial charge in [0, 0.05) is 60.5 Å². The number of rotatable bonds is 6. The monoisotopic (exact) mass is 610 g/mol. The number of ether oxygens (including phenoxy) is 2. The molecule has 4 aromatic rings. The Bertz CT molecular complexity index is 1850. The number of halogens is 2. The number of hydrogen-bond acceptors (Lipinski definition) is 8. The lowest BCUT2D eigenvalue weighted by atomic mass is 9.59. The van der Waals surface area contributed by atoms with Gasteiger partial charge in [0.05, 0.1) is 23.2 Å². The van der Waals surface area contributed by atoms with Crippen LogP contribution < -0.4 is 20.7 Å². The van der Waals surface area contributed by atoms with Gasteiger partial charge in [-0.15, -0.1) is 6.42 Å². The molecule has 2 aliphatic heterocycles. The SMILES string of the molecule is C#Cc1c(F)ccc2c(-c3ncc4c(N5C[C@H]6CC[C@@H](C5)N6)nc(OCC56CCC(OC)(CC5)CC6)nc4c3F)c(N)ccc12. The van der Waals surface area contributed by atoms with E-state index in [1.807, 2.05) is 7.11 Å². The number of terminal acetylenes is 1. The molecule has 3 N–H and O–H groups in total. The molecule has 0 unspecified atom stereocenters. The molecule has 2 saturated heterocycles. The summed E-state index contributed by atoms with van der Waals surface area (Å²) >= 11 is 0. The number of nitrogens with one attached hydrogen (secondary N) is 1. The number of piperazine rings is 1. The average molecular weight is 611 g/mol. The number of methoxy groups -OCH3 is 1. The molecule has 9 rings (SSSR count). The second-order valence-corrected chi connectivity index (χ2v) is 13.4. The minimum absolute atomic E-state index is 0.00124. The molecule has 4 heterocycles. The highest BCUT2D eigenvalue weighted by Gasteiger charge is 2.49. The number of nitrogens with two attached hydrogens (primary N) is 1. The first-order chi connectivity index (χ1) is 21.8. The van der Waals surface area contributed by atoms with Gasteiger partial charge in [0.1, 0.15) is 22.8 Å². The van der Waals surface area contributed by atoms with Crippen LogP contribution in [0.5, 0.6) is 6.01 Å². The van der Waals surface area contributed by atoms with Gasteiger partial charge >= 0.3 is 6.01 Å². The van der Waals surface area contributed by atoms with Crippen molar-refractivity contribution in [2.45, 2.75) is 69.1 Å². The van der Waals surface area contributed by atoms with Crippen molar-refractivity contribution >= 4 is 33.2 Å². The fourth-order valence-corrected chi connectivity index (χ4v) is 8.25. The smallest absolute Gasteiger partial charge is 0.319 e. The molecule has 232 valence electrons. The summed E-state index contributed by atoms with van der Waals surface area (Å²) in [6.07, 6.45) is 15.5. The Morgan fingerprint density at radius 3 is 2.40 bits per heavy atom. The maximum atomic E-state index is 16.8. The number of benzene rings is 2. The molecular formula is C35H36F2N6O2. The summed E-state index contributed by atoms with van der Waals surface area (Å²) in [5, 5.41) is 5.14. The van der Waals surface area contributed by atoms with E-state index in [2.05, 4.69) is 26.1 Å². The fourth-order valence-electron chi connectivity index (χ4n) is 8.25. The Morgan fingerprint density at radius 2 is 1.71 bits per heavy atom. The standard InChI is InChI=1S/C35H36F2N6O2/c1-3-22-23-7-9-27(38)28(24(23)6-8-26(22)36)31-29(37)30-25(16-39-31)32(43-17-20-4-5-21(18-43)40-20)42-33(41-30)45-19-34-10-13-35(44-2,14-11-34)15-12-34/h1,6-9,16,20-21,40H,4-5,10-15,17-19,38H2,2H3/t20-,21+,34?,35?. The van der Waals surface area contributed by atoms with E-state index in [1.165, 1.54) is 6.07 Å². The van der Waals surface area contributed by atoms with Gasteiger partial charge in [-0.3, -0.25) is 4.98 Å². The summed E-state index contributed by atoms with van der Waals surface area (Å²) < 4.78 is 43.7. The van der Waals surface area contributed by atoms with Crippen LogP contribution in [0.3, 0.4) is 0 Å². The molecule has 10 heteroatoms. The maximum absolute atomic E-state index is 16.8. The molecular weight excluding hydrogens is 574 g/mol. The van der Waals surface area contributed by atoms with E-state index in [-0.39, 0.29) is 33.8 Å². The van der Waals surface area contributed by atoms with E-state index in [0.29, 0.717) is 51.9 Å². The van der Waals surface area contributed by atoms with Crippen LogP contribution in [-0.2, 0) is 4.74 Å². The maximum Gasteiger partial charge on any atom is 0.319 e. The summed E-state index contributed by atoms with van der Waals surface area (Å²) in [6.45, 7) is 1.98. The first-order valence-corrected chi connectivity index (χ1v) is 15.8. The molecule has 0 amide bonds. The quantitative estimate of drug-likeness (QED) is 0.211. The Hall–Kier alpha value is -4.07. The van der Waals surface area contributed by atoms with Crippen molar-refractivity contribution in [3.63, 3.8) is 0 Å². The van der Waals surface area contributed by atoms with Crippen LogP contribution in [-0.4, -0.2) is 59.4 Å². The van der Waals surface area contributed by atoms with Crippen molar-refractivity contribution in [3.05, 3.63) is 47.7 Å². The Labute approximate surface area is 260 Å². The normalized spacial score (nSPS) is 27.3. The van der Waals surface area contributed by atoms with Gasteiger partial charge in [0.2, 0.25) is 0 Å². The summed E-state index contributed by atoms with van der Waals surface area (Å²) in [6, 6.07) is 6.95. The zero-order valence-electron chi connectivity index (χ0n) is 25.3. The summed E-state index contributed by atoms with van der Waals surface area (Å²) in [5.74, 6) is 1.88. The molecule has 5 aliphatic rings. The number of aromatic nitrogens is 3. The largest absolute Gasteiger partial charge is 0.463 e. The molecule has 2 aromatic carbocycles. The predicted octanol–water partition coefficient (Wildman–Crippen LogP) is 5.75. The molecule has 3 saturated carbocycles. The van der Waals surface area contributed by atoms with E-state index >= 15 is 4.39 Å². The molecule has 3 aliphatic carbocycles. The highest BCUT2D eigenvalue weighted by atomic mass is 19.1. The zero-order chi connectivity index (χ0) is 30.9. The third kappa shape index (κ3) is 4.59. The number of nitrogens with zero attached hydrogens (tertiary/aromatic N) is 4. The molecule has 2 aromatic heterocycles. The lowest BCUT2D eigenvalue weighted by molar-refractivity contribution is -0.126. The van der Waals surface area contributed by atoms with Gasteiger partial charge < -0.3 is 25.4 Å². The summed E-state index contributed by atoms with van der Waals surface area (Å²) in [7, 11) is 1.82. The third-order valence-electron chi connectivity index (χ3n) is 11.0. The van der Waals surface area contributed by atoms with E-state index in [0.717, 1.165) is 64.5 Å². The number of pyridine rings is 1. The summed E-state index contributed by atoms with van der Waals surface area (Å²) in [5.41, 5.74) is 7.33. The molecule has 4 bridgehead atoms. The van der Waals surface area contributed by atoms with Crippen LogP contribution in [0.2, 0.25) is 0 Å². The number of hydrogen-bond donors (Lipinski definition) is 2. The number of fused-ring (bicyclic) bond motifs is 7. The van der Waals surface area contributed by atoms with Crippen LogP contribution in [0.4, 0.5) is 20.3 Å². The number of anilines is 2. The van der Waals surface area contributed by atoms with Gasteiger partial charge in [0.25, 0.3) is 0 Å². The van der Waals surface area contributed by atoms with Crippen molar-refractivity contribution in [1.29, 1.82) is 0 Å². The van der Waals surface area contributed by atoms with E-state index in [9.17, 15) is 4.39 Å². The zero-order valence-corrected chi connectivity index (χ0v) is 25.3. The van der Waals surface area contributed by atoms with Gasteiger partial charge in [-0.1, -0.05) is 18.1 Å². The van der Waals surface area contributed by atoms with E-state index in [4.69, 9.17) is 26.6 Å². The van der Waals surface area contributed by atoms with Crippen LogP contribution in [0.1, 0.15) is 56.9 Å². The van der Waals surface area contributed by atoms with Crippen LogP contribution in [0.15, 0.2) is 30.5 Å². The first kappa shape index (κ1) is 28.4. The van der Waals surface area contributed by atoms with E-state index in [1.54, 1.807) is 24.4 Å². The topological polar surface area (TPSA) is 98.4 Å². The van der Waals surface area contributed by atoms with Crippen LogP contribution in [0, 0.1) is 29.4 Å². The van der Waals surface area contributed by atoms with Crippen molar-refractivity contribution < 1.29 is 18.3 Å². The lowest BCUT2D eigenvalue weighted by Gasteiger charge is -2.52. The Kier molecular flexibility index (Phi) is 6.63. The average Bonchev–Trinajstić information content (AvgIpc) is 3.41. The Balaban J connectivity index is 1.24. The predicted molar refractivity (Wildman–Crippen MR) is 170 cm³/mol. The highest BCUT2D eigenvalue weighted by Crippen LogP contribution is 2.53.